The van der Waals surface area contributed by atoms with Crippen LogP contribution in [0.3, 0.4) is 0 Å². The molecule has 1 atom stereocenters. The third kappa shape index (κ3) is 1.60. The fraction of sp³-hybridized carbons (Fsp3) is 0.500. The van der Waals surface area contributed by atoms with Crippen molar-refractivity contribution in [2.24, 2.45) is 5.92 Å². The van der Waals surface area contributed by atoms with Crippen LogP contribution in [0.5, 0.6) is 0 Å². The number of aliphatic hydroxyl groups excluding tert-OH is 1. The predicted octanol–water partition coefficient (Wildman–Crippen LogP) is 2.41. The van der Waals surface area contributed by atoms with Gasteiger partial charge in [0.1, 0.15) is 0 Å². The SMILES string of the molecule is CCC1C=CC=C(O)C1. The number of hydrogen-bond acceptors (Lipinski definition) is 1. The van der Waals surface area contributed by atoms with Crippen LogP contribution in [0.15, 0.2) is 24.0 Å². The van der Waals surface area contributed by atoms with E-state index in [0.717, 1.165) is 12.8 Å². The summed E-state index contributed by atoms with van der Waals surface area (Å²) in [5, 5.41) is 9.02. The average molecular weight is 124 g/mol. The third-order valence-electron chi connectivity index (χ3n) is 1.67. The van der Waals surface area contributed by atoms with Crippen molar-refractivity contribution in [2.75, 3.05) is 0 Å². The zero-order chi connectivity index (χ0) is 6.69. The van der Waals surface area contributed by atoms with Gasteiger partial charge in [-0.05, 0) is 18.4 Å². The van der Waals surface area contributed by atoms with Gasteiger partial charge in [0.25, 0.3) is 0 Å². The van der Waals surface area contributed by atoms with Crippen LogP contribution in [0.2, 0.25) is 0 Å². The van der Waals surface area contributed by atoms with Crippen LogP contribution in [0.1, 0.15) is 19.8 Å². The van der Waals surface area contributed by atoms with Gasteiger partial charge in [-0.2, -0.15) is 0 Å². The molecule has 0 amide bonds. The lowest BCUT2D eigenvalue weighted by atomic mass is 9.97. The first-order valence-electron chi connectivity index (χ1n) is 3.39. The van der Waals surface area contributed by atoms with Crippen LogP contribution in [-0.2, 0) is 0 Å². The van der Waals surface area contributed by atoms with Crippen molar-refractivity contribution >= 4 is 0 Å². The molecule has 0 aliphatic heterocycles. The highest BCUT2D eigenvalue weighted by atomic mass is 16.3. The standard InChI is InChI=1S/C8H12O/c1-2-7-4-3-5-8(9)6-7/h3-5,7,9H,2,6H2,1H3. The largest absolute Gasteiger partial charge is 0.512 e. The maximum atomic E-state index is 9.02. The summed E-state index contributed by atoms with van der Waals surface area (Å²) in [5.74, 6) is 1.08. The van der Waals surface area contributed by atoms with Gasteiger partial charge in [-0.25, -0.2) is 0 Å². The Labute approximate surface area is 55.7 Å². The summed E-state index contributed by atoms with van der Waals surface area (Å²) in [6.07, 6.45) is 7.76. The highest BCUT2D eigenvalue weighted by Gasteiger charge is 2.06. The van der Waals surface area contributed by atoms with Crippen molar-refractivity contribution in [3.8, 4) is 0 Å². The third-order valence-corrected chi connectivity index (χ3v) is 1.67. The molecule has 1 aliphatic rings. The van der Waals surface area contributed by atoms with Crippen LogP contribution in [-0.4, -0.2) is 5.11 Å². The van der Waals surface area contributed by atoms with E-state index in [0.29, 0.717) is 11.7 Å². The van der Waals surface area contributed by atoms with Crippen molar-refractivity contribution in [3.05, 3.63) is 24.0 Å². The molecule has 9 heavy (non-hydrogen) atoms. The minimum Gasteiger partial charge on any atom is -0.512 e. The Kier molecular flexibility index (Phi) is 1.93. The summed E-state index contributed by atoms with van der Waals surface area (Å²) >= 11 is 0. The molecule has 1 aliphatic carbocycles. The van der Waals surface area contributed by atoms with Crippen molar-refractivity contribution in [1.82, 2.24) is 0 Å². The highest BCUT2D eigenvalue weighted by molar-refractivity contribution is 5.14. The molecule has 0 bridgehead atoms. The second kappa shape index (κ2) is 2.72. The quantitative estimate of drug-likeness (QED) is 0.569. The summed E-state index contributed by atoms with van der Waals surface area (Å²) < 4.78 is 0. The van der Waals surface area contributed by atoms with Crippen LogP contribution < -0.4 is 0 Å². The van der Waals surface area contributed by atoms with Crippen molar-refractivity contribution in [2.45, 2.75) is 19.8 Å². The van der Waals surface area contributed by atoms with Gasteiger partial charge in [0, 0.05) is 6.42 Å². The molecule has 0 aromatic rings. The second-order valence-electron chi connectivity index (χ2n) is 2.42. The van der Waals surface area contributed by atoms with Gasteiger partial charge in [-0.1, -0.05) is 19.1 Å². The van der Waals surface area contributed by atoms with E-state index < -0.39 is 0 Å². The first-order chi connectivity index (χ1) is 4.33. The number of allylic oxidation sites excluding steroid dienone is 4. The van der Waals surface area contributed by atoms with Gasteiger partial charge >= 0.3 is 0 Å². The number of aliphatic hydroxyl groups is 1. The van der Waals surface area contributed by atoms with Crippen LogP contribution in [0, 0.1) is 5.92 Å². The lowest BCUT2D eigenvalue weighted by Crippen LogP contribution is -1.99. The summed E-state index contributed by atoms with van der Waals surface area (Å²) in [7, 11) is 0. The zero-order valence-electron chi connectivity index (χ0n) is 5.67. The van der Waals surface area contributed by atoms with E-state index in [1.165, 1.54) is 0 Å². The minimum absolute atomic E-state index is 0.518. The maximum Gasteiger partial charge on any atom is 0.0928 e. The maximum absolute atomic E-state index is 9.02. The normalized spacial score (nSPS) is 25.9. The van der Waals surface area contributed by atoms with Crippen LogP contribution in [0.4, 0.5) is 0 Å². The van der Waals surface area contributed by atoms with Gasteiger partial charge in [0.2, 0.25) is 0 Å². The molecular weight excluding hydrogens is 112 g/mol. The van der Waals surface area contributed by atoms with E-state index in [9.17, 15) is 0 Å². The molecule has 0 aromatic heterocycles. The summed E-state index contributed by atoms with van der Waals surface area (Å²) in [6.45, 7) is 2.13. The van der Waals surface area contributed by atoms with Gasteiger partial charge in [-0.3, -0.25) is 0 Å². The molecule has 0 heterocycles. The number of rotatable bonds is 1. The molecule has 0 radical (unpaired) electrons. The lowest BCUT2D eigenvalue weighted by Gasteiger charge is -2.11. The van der Waals surface area contributed by atoms with Gasteiger partial charge in [0.15, 0.2) is 0 Å². The van der Waals surface area contributed by atoms with E-state index in [1.54, 1.807) is 6.08 Å². The highest BCUT2D eigenvalue weighted by Crippen LogP contribution is 2.18. The van der Waals surface area contributed by atoms with Crippen molar-refractivity contribution in [3.63, 3.8) is 0 Å². The Morgan fingerprint density at radius 3 is 3.00 bits per heavy atom. The van der Waals surface area contributed by atoms with E-state index in [-0.39, 0.29) is 0 Å². The Morgan fingerprint density at radius 1 is 1.78 bits per heavy atom. The summed E-state index contributed by atoms with van der Waals surface area (Å²) in [5.41, 5.74) is 0. The minimum atomic E-state index is 0.518. The average Bonchev–Trinajstić information content (AvgIpc) is 1.88. The first-order valence-corrected chi connectivity index (χ1v) is 3.39. The van der Waals surface area contributed by atoms with E-state index in [4.69, 9.17) is 5.11 Å². The molecule has 1 heteroatoms. The topological polar surface area (TPSA) is 20.2 Å². The van der Waals surface area contributed by atoms with Crippen molar-refractivity contribution < 1.29 is 5.11 Å². The van der Waals surface area contributed by atoms with Gasteiger partial charge < -0.3 is 5.11 Å². The number of hydrogen-bond donors (Lipinski definition) is 1. The molecule has 1 rings (SSSR count). The van der Waals surface area contributed by atoms with E-state index in [1.807, 2.05) is 6.08 Å². The molecular formula is C8H12O. The Balaban J connectivity index is 2.51. The lowest BCUT2D eigenvalue weighted by molar-refractivity contribution is 0.361. The molecule has 0 spiro atoms. The fourth-order valence-electron chi connectivity index (χ4n) is 1.01. The Bertz CT molecular complexity index is 145. The first kappa shape index (κ1) is 6.40. The molecule has 0 aromatic carbocycles. The molecule has 1 unspecified atom stereocenters. The van der Waals surface area contributed by atoms with E-state index in [2.05, 4.69) is 13.0 Å². The Hall–Kier alpha value is -0.720. The van der Waals surface area contributed by atoms with Crippen LogP contribution >= 0.6 is 0 Å². The van der Waals surface area contributed by atoms with Gasteiger partial charge in [0.05, 0.1) is 5.76 Å². The summed E-state index contributed by atoms with van der Waals surface area (Å²) in [6, 6.07) is 0. The zero-order valence-corrected chi connectivity index (χ0v) is 5.67. The van der Waals surface area contributed by atoms with Crippen LogP contribution in [0.25, 0.3) is 0 Å². The summed E-state index contributed by atoms with van der Waals surface area (Å²) in [4.78, 5) is 0. The smallest absolute Gasteiger partial charge is 0.0928 e. The molecule has 0 saturated heterocycles. The fourth-order valence-corrected chi connectivity index (χ4v) is 1.01. The van der Waals surface area contributed by atoms with Crippen molar-refractivity contribution in [1.29, 1.82) is 0 Å². The predicted molar refractivity (Wildman–Crippen MR) is 38.2 cm³/mol. The molecule has 0 saturated carbocycles. The molecule has 1 N–H and O–H groups in total. The van der Waals surface area contributed by atoms with E-state index >= 15 is 0 Å². The van der Waals surface area contributed by atoms with Gasteiger partial charge in [-0.15, -0.1) is 0 Å². The molecule has 50 valence electrons. The Morgan fingerprint density at radius 2 is 2.56 bits per heavy atom. The molecule has 1 nitrogen and oxygen atoms in total. The molecule has 0 fully saturated rings. The second-order valence-corrected chi connectivity index (χ2v) is 2.42. The monoisotopic (exact) mass is 124 g/mol.